The van der Waals surface area contributed by atoms with Gasteiger partial charge in [-0.2, -0.15) is 0 Å². The minimum absolute atomic E-state index is 0.141. The average molecular weight is 260 g/mol. The fraction of sp³-hybridized carbons (Fsp3) is 0. The lowest BCUT2D eigenvalue weighted by Gasteiger charge is -2.05. The van der Waals surface area contributed by atoms with Gasteiger partial charge in [-0.25, -0.2) is 13.6 Å². The molecule has 2 rings (SSSR count). The first kappa shape index (κ1) is 13.0. The van der Waals surface area contributed by atoms with Gasteiger partial charge in [0.25, 0.3) is 0 Å². The second kappa shape index (κ2) is 5.44. The van der Waals surface area contributed by atoms with Crippen molar-refractivity contribution in [3.63, 3.8) is 0 Å². The van der Waals surface area contributed by atoms with E-state index in [1.165, 1.54) is 18.2 Å². The molecule has 0 fully saturated rings. The van der Waals surface area contributed by atoms with E-state index in [9.17, 15) is 13.6 Å². The van der Waals surface area contributed by atoms with E-state index in [4.69, 9.17) is 5.11 Å². The zero-order valence-corrected chi connectivity index (χ0v) is 9.81. The Bertz CT molecular complexity index is 648. The van der Waals surface area contributed by atoms with Gasteiger partial charge >= 0.3 is 5.97 Å². The van der Waals surface area contributed by atoms with Crippen LogP contribution in [0.1, 0.15) is 5.56 Å². The van der Waals surface area contributed by atoms with Crippen LogP contribution in [-0.2, 0) is 4.79 Å². The first-order valence-electron chi connectivity index (χ1n) is 5.53. The monoisotopic (exact) mass is 260 g/mol. The summed E-state index contributed by atoms with van der Waals surface area (Å²) in [6, 6.07) is 10.2. The van der Waals surface area contributed by atoms with Crippen molar-refractivity contribution in [1.29, 1.82) is 0 Å². The number of hydrogen-bond acceptors (Lipinski definition) is 1. The molecule has 2 aromatic carbocycles. The van der Waals surface area contributed by atoms with Gasteiger partial charge in [0.05, 0.1) is 0 Å². The van der Waals surface area contributed by atoms with E-state index in [1.54, 1.807) is 24.3 Å². The maximum Gasteiger partial charge on any atom is 0.328 e. The lowest BCUT2D eigenvalue weighted by Crippen LogP contribution is -1.90. The first-order valence-corrected chi connectivity index (χ1v) is 5.53. The van der Waals surface area contributed by atoms with Crippen LogP contribution in [0.15, 0.2) is 48.5 Å². The number of carboxylic acids is 1. The van der Waals surface area contributed by atoms with E-state index in [0.717, 1.165) is 12.2 Å². The Hall–Kier alpha value is -2.49. The minimum Gasteiger partial charge on any atom is -0.478 e. The summed E-state index contributed by atoms with van der Waals surface area (Å²) in [6.07, 6.45) is 2.00. The van der Waals surface area contributed by atoms with Gasteiger partial charge in [0, 0.05) is 17.2 Å². The zero-order chi connectivity index (χ0) is 13.8. The summed E-state index contributed by atoms with van der Waals surface area (Å²) in [6.45, 7) is 0. The molecule has 0 amide bonds. The summed E-state index contributed by atoms with van der Waals surface area (Å²) in [5.41, 5.74) is 0.848. The highest BCUT2D eigenvalue weighted by molar-refractivity contribution is 5.85. The fourth-order valence-electron chi connectivity index (χ4n) is 1.69. The topological polar surface area (TPSA) is 37.3 Å². The summed E-state index contributed by atoms with van der Waals surface area (Å²) in [5, 5.41) is 8.48. The van der Waals surface area contributed by atoms with Crippen molar-refractivity contribution in [3.8, 4) is 11.1 Å². The van der Waals surface area contributed by atoms with Crippen LogP contribution in [0.4, 0.5) is 8.78 Å². The highest BCUT2D eigenvalue weighted by Gasteiger charge is 2.07. The molecule has 0 heterocycles. The molecule has 0 spiro atoms. The van der Waals surface area contributed by atoms with E-state index in [2.05, 4.69) is 0 Å². The van der Waals surface area contributed by atoms with Crippen LogP contribution in [0, 0.1) is 11.6 Å². The van der Waals surface area contributed by atoms with Crippen molar-refractivity contribution in [2.24, 2.45) is 0 Å². The molecule has 0 bridgehead atoms. The molecule has 0 aliphatic heterocycles. The SMILES string of the molecule is O=C(O)C=Cc1ccc(-c2ccccc2F)cc1F. The molecule has 0 aliphatic rings. The number of halogens is 2. The number of benzene rings is 2. The molecular weight excluding hydrogens is 250 g/mol. The van der Waals surface area contributed by atoms with E-state index in [-0.39, 0.29) is 5.56 Å². The van der Waals surface area contributed by atoms with Crippen LogP contribution in [-0.4, -0.2) is 11.1 Å². The highest BCUT2D eigenvalue weighted by atomic mass is 19.1. The molecule has 0 atom stereocenters. The molecule has 0 aliphatic carbocycles. The molecule has 1 N–H and O–H groups in total. The largest absolute Gasteiger partial charge is 0.478 e. The van der Waals surface area contributed by atoms with Gasteiger partial charge in [-0.05, 0) is 23.8 Å². The standard InChI is InChI=1S/C15H10F2O2/c16-13-4-2-1-3-12(13)11-6-5-10(14(17)9-11)7-8-15(18)19/h1-9H,(H,18,19). The molecule has 2 nitrogen and oxygen atoms in total. The Kier molecular flexibility index (Phi) is 3.71. The van der Waals surface area contributed by atoms with Crippen LogP contribution in [0.25, 0.3) is 17.2 Å². The number of carboxylic acid groups (broad SMARTS) is 1. The second-order valence-corrected chi connectivity index (χ2v) is 3.89. The van der Waals surface area contributed by atoms with Crippen LogP contribution in [0.5, 0.6) is 0 Å². The molecule has 0 aromatic heterocycles. The zero-order valence-electron chi connectivity index (χ0n) is 9.81. The number of rotatable bonds is 3. The Morgan fingerprint density at radius 3 is 2.42 bits per heavy atom. The normalized spacial score (nSPS) is 10.8. The Labute approximate surface area is 108 Å². The Morgan fingerprint density at radius 1 is 1.05 bits per heavy atom. The molecular formula is C15H10F2O2. The predicted octanol–water partition coefficient (Wildman–Crippen LogP) is 3.73. The van der Waals surface area contributed by atoms with E-state index < -0.39 is 17.6 Å². The van der Waals surface area contributed by atoms with Gasteiger partial charge in [-0.3, -0.25) is 0 Å². The van der Waals surface area contributed by atoms with Gasteiger partial charge < -0.3 is 5.11 Å². The van der Waals surface area contributed by atoms with Crippen LogP contribution in [0.3, 0.4) is 0 Å². The minimum atomic E-state index is -1.16. The lowest BCUT2D eigenvalue weighted by atomic mass is 10.0. The van der Waals surface area contributed by atoms with Crippen molar-refractivity contribution in [3.05, 3.63) is 65.7 Å². The van der Waals surface area contributed by atoms with Crippen LogP contribution >= 0.6 is 0 Å². The second-order valence-electron chi connectivity index (χ2n) is 3.89. The molecule has 19 heavy (non-hydrogen) atoms. The molecule has 0 saturated heterocycles. The van der Waals surface area contributed by atoms with Crippen molar-refractivity contribution in [1.82, 2.24) is 0 Å². The Balaban J connectivity index is 2.39. The average Bonchev–Trinajstić information content (AvgIpc) is 2.37. The third-order valence-corrected chi connectivity index (χ3v) is 2.59. The third kappa shape index (κ3) is 3.04. The maximum atomic E-state index is 13.8. The smallest absolute Gasteiger partial charge is 0.328 e. The van der Waals surface area contributed by atoms with Gasteiger partial charge in [-0.15, -0.1) is 0 Å². The van der Waals surface area contributed by atoms with Crippen LogP contribution < -0.4 is 0 Å². The van der Waals surface area contributed by atoms with Gasteiger partial charge in [0.1, 0.15) is 11.6 Å². The fourth-order valence-corrected chi connectivity index (χ4v) is 1.69. The quantitative estimate of drug-likeness (QED) is 0.854. The predicted molar refractivity (Wildman–Crippen MR) is 68.5 cm³/mol. The van der Waals surface area contributed by atoms with Crippen molar-refractivity contribution >= 4 is 12.0 Å². The third-order valence-electron chi connectivity index (χ3n) is 2.59. The van der Waals surface area contributed by atoms with E-state index in [1.807, 2.05) is 0 Å². The Morgan fingerprint density at radius 2 is 1.79 bits per heavy atom. The maximum absolute atomic E-state index is 13.8. The molecule has 0 radical (unpaired) electrons. The van der Waals surface area contributed by atoms with Crippen molar-refractivity contribution < 1.29 is 18.7 Å². The molecule has 2 aromatic rings. The molecule has 0 saturated carbocycles. The van der Waals surface area contributed by atoms with Crippen molar-refractivity contribution in [2.75, 3.05) is 0 Å². The summed E-state index contributed by atoms with van der Waals surface area (Å²) in [5.74, 6) is -2.19. The number of aliphatic carboxylic acids is 1. The van der Waals surface area contributed by atoms with E-state index in [0.29, 0.717) is 11.1 Å². The molecule has 96 valence electrons. The first-order chi connectivity index (χ1) is 9.08. The van der Waals surface area contributed by atoms with Gasteiger partial charge in [-0.1, -0.05) is 30.3 Å². The lowest BCUT2D eigenvalue weighted by molar-refractivity contribution is -0.131. The highest BCUT2D eigenvalue weighted by Crippen LogP contribution is 2.24. The summed E-state index contributed by atoms with van der Waals surface area (Å²) >= 11 is 0. The molecule has 0 unspecified atom stereocenters. The summed E-state index contributed by atoms with van der Waals surface area (Å²) < 4.78 is 27.3. The van der Waals surface area contributed by atoms with Crippen molar-refractivity contribution in [2.45, 2.75) is 0 Å². The number of carbonyl (C=O) groups is 1. The van der Waals surface area contributed by atoms with E-state index >= 15 is 0 Å². The summed E-state index contributed by atoms with van der Waals surface area (Å²) in [4.78, 5) is 10.4. The molecule has 4 heteroatoms. The summed E-state index contributed by atoms with van der Waals surface area (Å²) in [7, 11) is 0. The number of hydrogen-bond donors (Lipinski definition) is 1. The van der Waals surface area contributed by atoms with Crippen LogP contribution in [0.2, 0.25) is 0 Å². The van der Waals surface area contributed by atoms with Gasteiger partial charge in [0.15, 0.2) is 0 Å². The van der Waals surface area contributed by atoms with Gasteiger partial charge in [0.2, 0.25) is 0 Å².